The average molecular weight is 574 g/mol. The van der Waals surface area contributed by atoms with Gasteiger partial charge in [0.25, 0.3) is 5.91 Å². The predicted molar refractivity (Wildman–Crippen MR) is 141 cm³/mol. The molecule has 40 heavy (non-hydrogen) atoms. The number of carbonyl (C=O) groups excluding carboxylic acids is 1. The van der Waals surface area contributed by atoms with Crippen LogP contribution in [0.3, 0.4) is 0 Å². The van der Waals surface area contributed by atoms with Crippen molar-refractivity contribution in [2.45, 2.75) is 38.3 Å². The van der Waals surface area contributed by atoms with E-state index in [1.54, 1.807) is 43.5 Å². The average Bonchev–Trinajstić information content (AvgIpc) is 3.81. The zero-order valence-electron chi connectivity index (χ0n) is 21.8. The number of benzene rings is 1. The highest BCUT2D eigenvalue weighted by Gasteiger charge is 2.35. The normalized spacial score (nSPS) is 17.3. The summed E-state index contributed by atoms with van der Waals surface area (Å²) in [5.74, 6) is -3.78. The Morgan fingerprint density at radius 1 is 1.05 bits per heavy atom. The summed E-state index contributed by atoms with van der Waals surface area (Å²) in [5.41, 5.74) is -0.294. The highest BCUT2D eigenvalue weighted by atomic mass is 32.2. The number of halogens is 2. The number of rotatable bonds is 10. The Kier molecular flexibility index (Phi) is 8.24. The van der Waals surface area contributed by atoms with Crippen molar-refractivity contribution in [3.63, 3.8) is 0 Å². The molecule has 1 aliphatic carbocycles. The summed E-state index contributed by atoms with van der Waals surface area (Å²) in [6.45, 7) is 3.33. The fraction of sp³-hybridized carbons (Fsp3) is 0.370. The van der Waals surface area contributed by atoms with Crippen LogP contribution in [-0.4, -0.2) is 65.7 Å². The molecule has 0 unspecified atom stereocenters. The molecule has 10 nitrogen and oxygen atoms in total. The second-order valence-electron chi connectivity index (χ2n) is 9.55. The van der Waals surface area contributed by atoms with Gasteiger partial charge in [-0.15, -0.1) is 0 Å². The molecule has 0 radical (unpaired) electrons. The van der Waals surface area contributed by atoms with E-state index in [2.05, 4.69) is 14.9 Å². The molecule has 3 aromatic rings. The highest BCUT2D eigenvalue weighted by Crippen LogP contribution is 2.30. The van der Waals surface area contributed by atoms with Crippen molar-refractivity contribution in [3.05, 3.63) is 77.8 Å². The summed E-state index contributed by atoms with van der Waals surface area (Å²) < 4.78 is 69.6. The summed E-state index contributed by atoms with van der Waals surface area (Å²) in [6.07, 6.45) is 4.92. The summed E-state index contributed by atoms with van der Waals surface area (Å²) in [4.78, 5) is 23.2. The van der Waals surface area contributed by atoms with Crippen molar-refractivity contribution >= 4 is 16.1 Å². The fourth-order valence-electron chi connectivity index (χ4n) is 4.46. The van der Waals surface area contributed by atoms with Gasteiger partial charge in [-0.1, -0.05) is 13.0 Å². The van der Waals surface area contributed by atoms with Crippen LogP contribution >= 0.6 is 0 Å². The molecule has 2 aromatic heterocycles. The molecule has 1 aliphatic heterocycles. The lowest BCUT2D eigenvalue weighted by atomic mass is 10.1. The van der Waals surface area contributed by atoms with Crippen molar-refractivity contribution in [2.24, 2.45) is 0 Å². The fourth-order valence-corrected chi connectivity index (χ4v) is 5.58. The molecule has 1 saturated heterocycles. The minimum atomic E-state index is -4.22. The van der Waals surface area contributed by atoms with Crippen molar-refractivity contribution in [3.8, 4) is 17.4 Å². The van der Waals surface area contributed by atoms with Crippen LogP contribution in [0, 0.1) is 11.6 Å². The van der Waals surface area contributed by atoms with Gasteiger partial charge in [-0.25, -0.2) is 14.1 Å². The molecule has 0 spiro atoms. The van der Waals surface area contributed by atoms with Crippen LogP contribution in [0.4, 0.5) is 8.78 Å². The van der Waals surface area contributed by atoms with Gasteiger partial charge in [0.05, 0.1) is 17.5 Å². The summed E-state index contributed by atoms with van der Waals surface area (Å²) in [6, 6.07) is 11.1. The molecule has 212 valence electrons. The van der Waals surface area contributed by atoms with E-state index in [1.165, 1.54) is 6.20 Å². The van der Waals surface area contributed by atoms with Crippen LogP contribution in [0.5, 0.6) is 17.4 Å². The number of aromatic nitrogens is 2. The predicted octanol–water partition coefficient (Wildman–Crippen LogP) is 3.83. The smallest absolute Gasteiger partial charge is 0.304 e. The Morgan fingerprint density at radius 2 is 1.82 bits per heavy atom. The maximum Gasteiger partial charge on any atom is 0.304 e. The molecular weight excluding hydrogens is 544 g/mol. The molecule has 13 heteroatoms. The van der Waals surface area contributed by atoms with Gasteiger partial charge in [-0.2, -0.15) is 17.1 Å². The standard InChI is InChI=1S/C27H29F2N5O5S/c1-2-22(21-10-8-19(17-31-21)38-24-5-3-4-12-30-24)39-23-11-9-20(25(28)26(23)29)27(35)32-40(36,37)34-15-13-33(14-16-34)18-6-7-18/h3-5,8-12,17-18,22H,2,6-7,13-16H2,1H3,(H,32,35)/t22-/m1/s1. The lowest BCUT2D eigenvalue weighted by molar-refractivity contribution is 0.0971. The SMILES string of the molecule is CC[C@@H](Oc1ccc(C(=O)NS(=O)(=O)N2CCN(C3CC3)CC2)c(F)c1F)c1ccc(Oc2ccccn2)cn1. The number of carbonyl (C=O) groups is 1. The van der Waals surface area contributed by atoms with E-state index in [4.69, 9.17) is 9.47 Å². The lowest BCUT2D eigenvalue weighted by Gasteiger charge is -2.33. The zero-order valence-corrected chi connectivity index (χ0v) is 22.6. The third-order valence-corrected chi connectivity index (χ3v) is 8.27. The largest absolute Gasteiger partial charge is 0.481 e. The quantitative estimate of drug-likeness (QED) is 0.389. The van der Waals surface area contributed by atoms with E-state index in [-0.39, 0.29) is 13.1 Å². The van der Waals surface area contributed by atoms with E-state index in [0.29, 0.717) is 42.9 Å². The molecular formula is C27H29F2N5O5S. The lowest BCUT2D eigenvalue weighted by Crippen LogP contribution is -2.53. The van der Waals surface area contributed by atoms with Gasteiger partial charge in [0.1, 0.15) is 11.9 Å². The minimum absolute atomic E-state index is 0.214. The molecule has 2 aliphatic rings. The van der Waals surface area contributed by atoms with Crippen molar-refractivity contribution in [1.29, 1.82) is 0 Å². The maximum absolute atomic E-state index is 15.0. The van der Waals surface area contributed by atoms with E-state index in [1.807, 2.05) is 4.72 Å². The monoisotopic (exact) mass is 573 g/mol. The summed E-state index contributed by atoms with van der Waals surface area (Å²) in [7, 11) is -4.22. The molecule has 1 aromatic carbocycles. The summed E-state index contributed by atoms with van der Waals surface area (Å²) >= 11 is 0. The number of piperazine rings is 1. The first-order valence-electron chi connectivity index (χ1n) is 13.0. The zero-order chi connectivity index (χ0) is 28.3. The number of hydrogen-bond acceptors (Lipinski definition) is 8. The first-order chi connectivity index (χ1) is 19.2. The molecule has 1 N–H and O–H groups in total. The second-order valence-corrected chi connectivity index (χ2v) is 11.2. The van der Waals surface area contributed by atoms with Crippen LogP contribution in [0.25, 0.3) is 0 Å². The Morgan fingerprint density at radius 3 is 2.45 bits per heavy atom. The van der Waals surface area contributed by atoms with Gasteiger partial charge in [-0.05, 0) is 49.6 Å². The van der Waals surface area contributed by atoms with Crippen LogP contribution < -0.4 is 14.2 Å². The van der Waals surface area contributed by atoms with Gasteiger partial charge < -0.3 is 9.47 Å². The highest BCUT2D eigenvalue weighted by molar-refractivity contribution is 7.87. The molecule has 1 atom stereocenters. The Bertz CT molecular complexity index is 1450. The minimum Gasteiger partial charge on any atom is -0.481 e. The number of nitrogens with one attached hydrogen (secondary N) is 1. The Hall–Kier alpha value is -3.68. The molecule has 2 fully saturated rings. The van der Waals surface area contributed by atoms with Crippen LogP contribution in [0.15, 0.2) is 54.9 Å². The number of nitrogens with zero attached hydrogens (tertiary/aromatic N) is 4. The van der Waals surface area contributed by atoms with Gasteiger partial charge >= 0.3 is 10.2 Å². The molecule has 0 bridgehead atoms. The van der Waals surface area contributed by atoms with E-state index < -0.39 is 45.2 Å². The Labute approximate surface area is 231 Å². The third kappa shape index (κ3) is 6.37. The molecule has 3 heterocycles. The number of amides is 1. The second kappa shape index (κ2) is 11.8. The van der Waals surface area contributed by atoms with Crippen molar-refractivity contribution < 1.29 is 31.5 Å². The third-order valence-electron chi connectivity index (χ3n) is 6.78. The number of pyridine rings is 2. The van der Waals surface area contributed by atoms with Gasteiger partial charge in [0.15, 0.2) is 11.6 Å². The van der Waals surface area contributed by atoms with E-state index in [9.17, 15) is 22.0 Å². The molecule has 1 amide bonds. The number of ether oxygens (including phenoxy) is 2. The molecule has 5 rings (SSSR count). The van der Waals surface area contributed by atoms with E-state index in [0.717, 1.165) is 29.3 Å². The number of hydrogen-bond donors (Lipinski definition) is 1. The maximum atomic E-state index is 15.0. The first kappa shape index (κ1) is 27.9. The first-order valence-corrected chi connectivity index (χ1v) is 14.4. The van der Waals surface area contributed by atoms with Crippen LogP contribution in [0.2, 0.25) is 0 Å². The van der Waals surface area contributed by atoms with Gasteiger partial charge in [0.2, 0.25) is 11.7 Å². The van der Waals surface area contributed by atoms with Gasteiger partial charge in [-0.3, -0.25) is 14.7 Å². The van der Waals surface area contributed by atoms with Crippen LogP contribution in [0.1, 0.15) is 48.3 Å². The van der Waals surface area contributed by atoms with E-state index >= 15 is 0 Å². The van der Waals surface area contributed by atoms with Gasteiger partial charge in [0, 0.05) is 44.5 Å². The summed E-state index contributed by atoms with van der Waals surface area (Å²) in [5, 5.41) is 0. The van der Waals surface area contributed by atoms with Crippen molar-refractivity contribution in [2.75, 3.05) is 26.2 Å². The Balaban J connectivity index is 1.23. The topological polar surface area (TPSA) is 114 Å². The van der Waals surface area contributed by atoms with Crippen LogP contribution in [-0.2, 0) is 10.2 Å². The van der Waals surface area contributed by atoms with Crippen molar-refractivity contribution in [1.82, 2.24) is 23.9 Å². The molecule has 1 saturated carbocycles.